The fourth-order valence-corrected chi connectivity index (χ4v) is 6.46. The number of primary amides is 1. The second-order valence-electron chi connectivity index (χ2n) is 15.8. The Labute approximate surface area is 314 Å². The number of nitrogens with one attached hydrogen (secondary N) is 5. The highest BCUT2D eigenvalue weighted by atomic mass is 16.2. The van der Waals surface area contributed by atoms with Crippen molar-refractivity contribution < 1.29 is 33.6 Å². The third-order valence-corrected chi connectivity index (χ3v) is 9.17. The van der Waals surface area contributed by atoms with Gasteiger partial charge >= 0.3 is 0 Å². The number of hydrogen-bond acceptors (Lipinski definition) is 7. The standard InChI is InChI=1S/C39H63N7O7/c1-22(2)18-28(34(40)48)41-35(49)29(19-23(3)4)42-36(50)30(20-24(5)6)43-37(51)31(21-27-14-11-10-12-15-27)44-39(53)33(25(7)8)45-38(52)32-16-13-17-46(32)26(9)47/h10-12,14-15,22-25,28-33H,13,16-21H2,1-9H3,(H2,40,48)(H,41,49)(H,42,50)(H,43,51)(H,44,53)(H,45,52)/t28-,29-,30-,31-,32-,33-/m0/s1. The maximum atomic E-state index is 14.1. The van der Waals surface area contributed by atoms with E-state index in [1.165, 1.54) is 11.8 Å². The van der Waals surface area contributed by atoms with E-state index in [4.69, 9.17) is 5.73 Å². The molecule has 0 bridgehead atoms. The zero-order valence-electron chi connectivity index (χ0n) is 33.0. The molecule has 7 N–H and O–H groups in total. The molecule has 1 aliphatic rings. The molecule has 0 saturated carbocycles. The summed E-state index contributed by atoms with van der Waals surface area (Å²) in [6.45, 7) is 16.8. The van der Waals surface area contributed by atoms with Gasteiger partial charge in [0, 0.05) is 19.9 Å². The average molecular weight is 742 g/mol. The van der Waals surface area contributed by atoms with Crippen LogP contribution in [-0.2, 0) is 40.0 Å². The molecule has 53 heavy (non-hydrogen) atoms. The maximum Gasteiger partial charge on any atom is 0.243 e. The Bertz CT molecular complexity index is 1420. The lowest BCUT2D eigenvalue weighted by Gasteiger charge is -2.30. The number of benzene rings is 1. The molecule has 0 spiro atoms. The van der Waals surface area contributed by atoms with Gasteiger partial charge in [-0.1, -0.05) is 85.7 Å². The van der Waals surface area contributed by atoms with Crippen molar-refractivity contribution in [2.75, 3.05) is 6.54 Å². The van der Waals surface area contributed by atoms with Crippen LogP contribution in [0.4, 0.5) is 0 Å². The third-order valence-electron chi connectivity index (χ3n) is 9.17. The average Bonchev–Trinajstić information content (AvgIpc) is 3.56. The van der Waals surface area contributed by atoms with Crippen LogP contribution in [0.5, 0.6) is 0 Å². The van der Waals surface area contributed by atoms with Crippen LogP contribution in [0.3, 0.4) is 0 Å². The number of likely N-dealkylation sites (tertiary alicyclic amines) is 1. The highest BCUT2D eigenvalue weighted by Crippen LogP contribution is 2.18. The van der Waals surface area contributed by atoms with E-state index in [0.29, 0.717) is 25.8 Å². The van der Waals surface area contributed by atoms with E-state index in [-0.39, 0.29) is 48.8 Å². The quantitative estimate of drug-likeness (QED) is 0.117. The SMILES string of the molecule is CC(=O)N1CCC[C@H]1C(=O)N[C@H](C(=O)N[C@@H](Cc1ccccc1)C(=O)N[C@@H](CC(C)C)C(=O)N[C@@H](CC(C)C)C(=O)N[C@@H](CC(C)C)C(N)=O)C(C)C. The van der Waals surface area contributed by atoms with E-state index < -0.39 is 71.7 Å². The van der Waals surface area contributed by atoms with Crippen LogP contribution in [0.1, 0.15) is 100.0 Å². The minimum atomic E-state index is -1.13. The van der Waals surface area contributed by atoms with Crippen LogP contribution in [0.2, 0.25) is 0 Å². The molecule has 296 valence electrons. The first-order valence-electron chi connectivity index (χ1n) is 18.9. The summed E-state index contributed by atoms with van der Waals surface area (Å²) < 4.78 is 0. The molecule has 2 rings (SSSR count). The summed E-state index contributed by atoms with van der Waals surface area (Å²) in [6.07, 6.45) is 2.09. The van der Waals surface area contributed by atoms with Crippen LogP contribution in [0.15, 0.2) is 30.3 Å². The molecule has 0 aliphatic carbocycles. The predicted molar refractivity (Wildman–Crippen MR) is 203 cm³/mol. The van der Waals surface area contributed by atoms with Gasteiger partial charge in [0.15, 0.2) is 0 Å². The minimum Gasteiger partial charge on any atom is -0.368 e. The first-order valence-corrected chi connectivity index (χ1v) is 18.9. The number of nitrogens with zero attached hydrogens (tertiary/aromatic N) is 1. The summed E-state index contributed by atoms with van der Waals surface area (Å²) in [4.78, 5) is 94.2. The van der Waals surface area contributed by atoms with E-state index in [2.05, 4.69) is 26.6 Å². The zero-order chi connectivity index (χ0) is 40.0. The van der Waals surface area contributed by atoms with Crippen molar-refractivity contribution in [1.82, 2.24) is 31.5 Å². The van der Waals surface area contributed by atoms with E-state index >= 15 is 0 Å². The molecule has 1 fully saturated rings. The Morgan fingerprint density at radius 2 is 1.11 bits per heavy atom. The monoisotopic (exact) mass is 741 g/mol. The van der Waals surface area contributed by atoms with Crippen molar-refractivity contribution in [3.63, 3.8) is 0 Å². The van der Waals surface area contributed by atoms with Crippen LogP contribution in [0, 0.1) is 23.7 Å². The first kappa shape index (κ1) is 44.7. The van der Waals surface area contributed by atoms with E-state index in [1.807, 2.05) is 71.9 Å². The molecular formula is C39H63N7O7. The van der Waals surface area contributed by atoms with E-state index in [9.17, 15) is 33.6 Å². The van der Waals surface area contributed by atoms with Crippen molar-refractivity contribution >= 4 is 41.4 Å². The van der Waals surface area contributed by atoms with Gasteiger partial charge in [-0.15, -0.1) is 0 Å². The molecule has 6 atom stereocenters. The molecule has 0 radical (unpaired) electrons. The summed E-state index contributed by atoms with van der Waals surface area (Å²) in [7, 11) is 0. The number of rotatable bonds is 20. The first-order chi connectivity index (χ1) is 24.8. The van der Waals surface area contributed by atoms with Crippen molar-refractivity contribution in [1.29, 1.82) is 0 Å². The number of carbonyl (C=O) groups is 7. The van der Waals surface area contributed by atoms with Gasteiger partial charge in [0.2, 0.25) is 41.4 Å². The summed E-state index contributed by atoms with van der Waals surface area (Å²) in [5.41, 5.74) is 6.32. The second kappa shape index (κ2) is 21.3. The highest BCUT2D eigenvalue weighted by Gasteiger charge is 2.37. The van der Waals surface area contributed by atoms with Gasteiger partial charge in [-0.2, -0.15) is 0 Å². The Hall–Kier alpha value is -4.49. The Kier molecular flexibility index (Phi) is 17.9. The summed E-state index contributed by atoms with van der Waals surface area (Å²) >= 11 is 0. The Morgan fingerprint density at radius 1 is 0.660 bits per heavy atom. The van der Waals surface area contributed by atoms with Gasteiger partial charge in [0.25, 0.3) is 0 Å². The normalized spacial score (nSPS) is 17.2. The summed E-state index contributed by atoms with van der Waals surface area (Å²) in [5, 5.41) is 13.9. The fourth-order valence-electron chi connectivity index (χ4n) is 6.46. The molecule has 1 aromatic rings. The molecule has 0 unspecified atom stereocenters. The lowest BCUT2D eigenvalue weighted by Crippen LogP contribution is -2.60. The van der Waals surface area contributed by atoms with Crippen LogP contribution >= 0.6 is 0 Å². The van der Waals surface area contributed by atoms with Crippen LogP contribution in [0.25, 0.3) is 0 Å². The lowest BCUT2D eigenvalue weighted by atomic mass is 9.98. The fraction of sp³-hybridized carbons (Fsp3) is 0.667. The van der Waals surface area contributed by atoms with Crippen molar-refractivity contribution in [3.8, 4) is 0 Å². The lowest BCUT2D eigenvalue weighted by molar-refractivity contribution is -0.139. The van der Waals surface area contributed by atoms with Crippen molar-refractivity contribution in [2.24, 2.45) is 29.4 Å². The molecule has 1 aromatic carbocycles. The zero-order valence-corrected chi connectivity index (χ0v) is 33.0. The number of hydrogen-bond donors (Lipinski definition) is 6. The van der Waals surface area contributed by atoms with Gasteiger partial charge in [-0.3, -0.25) is 33.6 Å². The van der Waals surface area contributed by atoms with Gasteiger partial charge in [0.05, 0.1) is 0 Å². The van der Waals surface area contributed by atoms with E-state index in [0.717, 1.165) is 5.56 Å². The molecule has 0 aromatic heterocycles. The topological polar surface area (TPSA) is 209 Å². The van der Waals surface area contributed by atoms with Crippen LogP contribution < -0.4 is 32.3 Å². The van der Waals surface area contributed by atoms with Crippen molar-refractivity contribution in [3.05, 3.63) is 35.9 Å². The molecule has 7 amide bonds. The highest BCUT2D eigenvalue weighted by molar-refractivity contribution is 5.97. The van der Waals surface area contributed by atoms with Gasteiger partial charge in [-0.25, -0.2) is 0 Å². The van der Waals surface area contributed by atoms with Gasteiger partial charge < -0.3 is 37.2 Å². The van der Waals surface area contributed by atoms with Gasteiger partial charge in [0.1, 0.15) is 36.3 Å². The van der Waals surface area contributed by atoms with Crippen molar-refractivity contribution in [2.45, 2.75) is 137 Å². The Morgan fingerprint density at radius 3 is 1.57 bits per heavy atom. The Balaban J connectivity index is 2.34. The minimum absolute atomic E-state index is 0.000351. The number of amides is 7. The summed E-state index contributed by atoms with van der Waals surface area (Å²) in [5.74, 6) is -3.98. The van der Waals surface area contributed by atoms with Crippen LogP contribution in [-0.4, -0.2) is 89.0 Å². The molecule has 1 aliphatic heterocycles. The second-order valence-corrected chi connectivity index (χ2v) is 15.8. The van der Waals surface area contributed by atoms with E-state index in [1.54, 1.807) is 13.8 Å². The molecule has 1 heterocycles. The number of carbonyl (C=O) groups excluding carboxylic acids is 7. The summed E-state index contributed by atoms with van der Waals surface area (Å²) in [6, 6.07) is 3.28. The predicted octanol–water partition coefficient (Wildman–Crippen LogP) is 1.94. The smallest absolute Gasteiger partial charge is 0.243 e. The molecule has 14 heteroatoms. The maximum absolute atomic E-state index is 14.1. The number of nitrogens with two attached hydrogens (primary N) is 1. The molecular weight excluding hydrogens is 678 g/mol. The largest absolute Gasteiger partial charge is 0.368 e. The third kappa shape index (κ3) is 14.8. The molecule has 1 saturated heterocycles. The van der Waals surface area contributed by atoms with Gasteiger partial charge in [-0.05, 0) is 61.3 Å². The molecule has 14 nitrogen and oxygen atoms in total.